The number of carbonyl (C=O) groups excluding carboxylic acids is 1. The number of anilines is 1. The lowest BCUT2D eigenvalue weighted by atomic mass is 9.95. The Morgan fingerprint density at radius 1 is 1.32 bits per heavy atom. The number of hydrogen-bond donors (Lipinski definition) is 1. The molecular weight excluding hydrogens is 236 g/mol. The number of piperidine rings is 1. The third-order valence-electron chi connectivity index (χ3n) is 3.99. The number of para-hydroxylation sites is 1. The molecule has 0 aromatic heterocycles. The average Bonchev–Trinajstić information content (AvgIpc) is 2.48. The number of carbonyl (C=O) groups is 1. The molecule has 1 aliphatic rings. The van der Waals surface area contributed by atoms with Gasteiger partial charge in [-0.05, 0) is 38.3 Å². The summed E-state index contributed by atoms with van der Waals surface area (Å²) in [6, 6.07) is 10.7. The first kappa shape index (κ1) is 13.9. The minimum Gasteiger partial charge on any atom is -0.371 e. The fourth-order valence-electron chi connectivity index (χ4n) is 2.50. The molecule has 3 heteroatoms. The Morgan fingerprint density at radius 3 is 2.53 bits per heavy atom. The Morgan fingerprint density at radius 2 is 1.95 bits per heavy atom. The minimum absolute atomic E-state index is 0.189. The third kappa shape index (κ3) is 3.72. The highest BCUT2D eigenvalue weighted by atomic mass is 16.1. The van der Waals surface area contributed by atoms with Crippen LogP contribution in [-0.2, 0) is 4.79 Å². The van der Waals surface area contributed by atoms with Crippen LogP contribution in [0.5, 0.6) is 0 Å². The van der Waals surface area contributed by atoms with Crippen LogP contribution in [0.25, 0.3) is 0 Å². The van der Waals surface area contributed by atoms with Gasteiger partial charge in [-0.2, -0.15) is 0 Å². The van der Waals surface area contributed by atoms with Gasteiger partial charge in [-0.25, -0.2) is 0 Å². The van der Waals surface area contributed by atoms with E-state index in [1.165, 1.54) is 5.69 Å². The van der Waals surface area contributed by atoms with Crippen molar-refractivity contribution in [1.29, 1.82) is 0 Å². The van der Waals surface area contributed by atoms with E-state index >= 15 is 0 Å². The van der Waals surface area contributed by atoms with Crippen molar-refractivity contribution < 1.29 is 4.79 Å². The summed E-state index contributed by atoms with van der Waals surface area (Å²) in [4.78, 5) is 14.4. The number of hydrogen-bond acceptors (Lipinski definition) is 2. The lowest BCUT2D eigenvalue weighted by Gasteiger charge is -2.33. The van der Waals surface area contributed by atoms with E-state index in [0.29, 0.717) is 6.04 Å². The van der Waals surface area contributed by atoms with E-state index in [2.05, 4.69) is 48.3 Å². The quantitative estimate of drug-likeness (QED) is 0.903. The molecular formula is C16H24N2O. The molecule has 0 spiro atoms. The Labute approximate surface area is 116 Å². The molecule has 104 valence electrons. The molecule has 1 saturated heterocycles. The van der Waals surface area contributed by atoms with Crippen LogP contribution in [0.15, 0.2) is 30.3 Å². The van der Waals surface area contributed by atoms with Crippen LogP contribution in [0, 0.1) is 5.92 Å². The van der Waals surface area contributed by atoms with Gasteiger partial charge in [-0.15, -0.1) is 0 Å². The first-order chi connectivity index (χ1) is 9.20. The predicted molar refractivity (Wildman–Crippen MR) is 79.3 cm³/mol. The van der Waals surface area contributed by atoms with Crippen LogP contribution in [0.1, 0.15) is 33.1 Å². The maximum absolute atomic E-state index is 12.1. The molecule has 0 saturated carbocycles. The summed E-state index contributed by atoms with van der Waals surface area (Å²) >= 11 is 0. The number of benzene rings is 1. The molecule has 19 heavy (non-hydrogen) atoms. The minimum atomic E-state index is 0.189. The van der Waals surface area contributed by atoms with E-state index in [-0.39, 0.29) is 11.8 Å². The maximum atomic E-state index is 12.1. The van der Waals surface area contributed by atoms with E-state index in [9.17, 15) is 4.79 Å². The van der Waals surface area contributed by atoms with Gasteiger partial charge in [0, 0.05) is 30.7 Å². The largest absolute Gasteiger partial charge is 0.371 e. The van der Waals surface area contributed by atoms with E-state index in [1.807, 2.05) is 6.07 Å². The summed E-state index contributed by atoms with van der Waals surface area (Å²) in [7, 11) is 0. The summed E-state index contributed by atoms with van der Waals surface area (Å²) in [6.07, 6.45) is 2.91. The van der Waals surface area contributed by atoms with Gasteiger partial charge in [0.15, 0.2) is 0 Å². The van der Waals surface area contributed by atoms with Crippen molar-refractivity contribution >= 4 is 11.6 Å². The molecule has 0 aliphatic carbocycles. The second kappa shape index (κ2) is 6.60. The van der Waals surface area contributed by atoms with E-state index in [0.717, 1.165) is 32.4 Å². The number of nitrogens with one attached hydrogen (secondary N) is 1. The monoisotopic (exact) mass is 260 g/mol. The zero-order valence-electron chi connectivity index (χ0n) is 11.9. The normalized spacial score (nSPS) is 18.1. The molecule has 2 rings (SSSR count). The van der Waals surface area contributed by atoms with Crippen LogP contribution in [0.3, 0.4) is 0 Å². The molecule has 1 aromatic rings. The summed E-state index contributed by atoms with van der Waals surface area (Å²) in [5.74, 6) is 0.427. The van der Waals surface area contributed by atoms with Crippen molar-refractivity contribution in [3.05, 3.63) is 30.3 Å². The zero-order valence-corrected chi connectivity index (χ0v) is 11.9. The number of amides is 1. The van der Waals surface area contributed by atoms with Gasteiger partial charge in [0.1, 0.15) is 0 Å². The van der Waals surface area contributed by atoms with Crippen LogP contribution < -0.4 is 10.2 Å². The fourth-order valence-corrected chi connectivity index (χ4v) is 2.50. The van der Waals surface area contributed by atoms with Crippen LogP contribution >= 0.6 is 0 Å². The Balaban J connectivity index is 1.84. The van der Waals surface area contributed by atoms with E-state index in [1.54, 1.807) is 0 Å². The van der Waals surface area contributed by atoms with Gasteiger partial charge in [-0.1, -0.05) is 25.1 Å². The maximum Gasteiger partial charge on any atom is 0.223 e. The van der Waals surface area contributed by atoms with Crippen molar-refractivity contribution in [3.8, 4) is 0 Å². The summed E-state index contributed by atoms with van der Waals surface area (Å²) in [5.41, 5.74) is 1.27. The number of rotatable bonds is 4. The Hall–Kier alpha value is -1.51. The Kier molecular flexibility index (Phi) is 4.83. The highest BCUT2D eigenvalue weighted by Crippen LogP contribution is 2.23. The van der Waals surface area contributed by atoms with Crippen LogP contribution in [-0.4, -0.2) is 25.0 Å². The van der Waals surface area contributed by atoms with Crippen molar-refractivity contribution in [1.82, 2.24) is 5.32 Å². The second-order valence-electron chi connectivity index (χ2n) is 5.41. The second-order valence-corrected chi connectivity index (χ2v) is 5.41. The van der Waals surface area contributed by atoms with Crippen LogP contribution in [0.2, 0.25) is 0 Å². The third-order valence-corrected chi connectivity index (χ3v) is 3.99. The predicted octanol–water partition coefficient (Wildman–Crippen LogP) is 2.82. The zero-order chi connectivity index (χ0) is 13.7. The highest BCUT2D eigenvalue weighted by molar-refractivity contribution is 5.79. The van der Waals surface area contributed by atoms with Crippen molar-refractivity contribution in [3.63, 3.8) is 0 Å². The van der Waals surface area contributed by atoms with Gasteiger partial charge < -0.3 is 10.2 Å². The molecule has 1 unspecified atom stereocenters. The molecule has 1 amide bonds. The van der Waals surface area contributed by atoms with Crippen molar-refractivity contribution in [2.24, 2.45) is 5.92 Å². The van der Waals surface area contributed by atoms with Gasteiger partial charge in [0.05, 0.1) is 0 Å². The smallest absolute Gasteiger partial charge is 0.223 e. The fraction of sp³-hybridized carbons (Fsp3) is 0.562. The first-order valence-corrected chi connectivity index (χ1v) is 7.31. The van der Waals surface area contributed by atoms with E-state index in [4.69, 9.17) is 0 Å². The molecule has 0 radical (unpaired) electrons. The highest BCUT2D eigenvalue weighted by Gasteiger charge is 2.25. The summed E-state index contributed by atoms with van der Waals surface area (Å²) in [6.45, 7) is 6.12. The molecule has 3 nitrogen and oxygen atoms in total. The van der Waals surface area contributed by atoms with Crippen molar-refractivity contribution in [2.45, 2.75) is 39.2 Å². The van der Waals surface area contributed by atoms with Gasteiger partial charge in [-0.3, -0.25) is 4.79 Å². The molecule has 1 aliphatic heterocycles. The first-order valence-electron chi connectivity index (χ1n) is 7.31. The molecule has 1 fully saturated rings. The SMILES string of the molecule is CCC(C)NC(=O)C1CCN(c2ccccc2)CC1. The van der Waals surface area contributed by atoms with Gasteiger partial charge in [0.25, 0.3) is 0 Å². The molecule has 0 bridgehead atoms. The summed E-state index contributed by atoms with van der Waals surface area (Å²) < 4.78 is 0. The van der Waals surface area contributed by atoms with Crippen molar-refractivity contribution in [2.75, 3.05) is 18.0 Å². The Bertz CT molecular complexity index is 396. The average molecular weight is 260 g/mol. The molecule has 1 atom stereocenters. The van der Waals surface area contributed by atoms with Gasteiger partial charge >= 0.3 is 0 Å². The lowest BCUT2D eigenvalue weighted by Crippen LogP contribution is -2.43. The standard InChI is InChI=1S/C16H24N2O/c1-3-13(2)17-16(19)14-9-11-18(12-10-14)15-7-5-4-6-8-15/h4-8,13-14H,3,9-12H2,1-2H3,(H,17,19). The van der Waals surface area contributed by atoms with Crippen LogP contribution in [0.4, 0.5) is 5.69 Å². The van der Waals surface area contributed by atoms with Gasteiger partial charge in [0.2, 0.25) is 5.91 Å². The number of nitrogens with zero attached hydrogens (tertiary/aromatic N) is 1. The topological polar surface area (TPSA) is 32.3 Å². The lowest BCUT2D eigenvalue weighted by molar-refractivity contribution is -0.126. The molecule has 1 heterocycles. The molecule has 1 N–H and O–H groups in total. The molecule has 1 aromatic carbocycles. The van der Waals surface area contributed by atoms with E-state index < -0.39 is 0 Å². The summed E-state index contributed by atoms with van der Waals surface area (Å²) in [5, 5.41) is 3.10.